The molecule has 0 radical (unpaired) electrons. The van der Waals surface area contributed by atoms with E-state index in [1.165, 1.54) is 18.4 Å². The third-order valence-corrected chi connectivity index (χ3v) is 8.06. The number of amides is 3. The Morgan fingerprint density at radius 1 is 1.05 bits per heavy atom. The second-order valence-electron chi connectivity index (χ2n) is 10.7. The minimum atomic E-state index is -0.629. The molecule has 190 valence electrons. The lowest BCUT2D eigenvalue weighted by Gasteiger charge is -2.29. The third-order valence-electron chi connectivity index (χ3n) is 8.06. The molecule has 5 heterocycles. The van der Waals surface area contributed by atoms with Gasteiger partial charge in [0.05, 0.1) is 17.3 Å². The monoisotopic (exact) mass is 499 g/mol. The Morgan fingerprint density at radius 3 is 2.62 bits per heavy atom. The first-order valence-corrected chi connectivity index (χ1v) is 13.1. The van der Waals surface area contributed by atoms with Crippen molar-refractivity contribution in [2.45, 2.75) is 63.7 Å². The predicted molar refractivity (Wildman–Crippen MR) is 136 cm³/mol. The quantitative estimate of drug-likeness (QED) is 0.516. The molecule has 1 aliphatic carbocycles. The fraction of sp³-hybridized carbons (Fsp3) is 0.444. The van der Waals surface area contributed by atoms with Crippen LogP contribution >= 0.6 is 0 Å². The van der Waals surface area contributed by atoms with E-state index in [9.17, 15) is 14.4 Å². The van der Waals surface area contributed by atoms with Crippen LogP contribution in [-0.2, 0) is 22.7 Å². The van der Waals surface area contributed by atoms with Gasteiger partial charge in [-0.15, -0.1) is 0 Å². The summed E-state index contributed by atoms with van der Waals surface area (Å²) in [5, 5.41) is 7.02. The SMILES string of the molecule is Nc1nn(C2CC2)c2c(CN3CCCC3)cc(-c3ccc4c(c3)CN(C3CCC(=O)NC3=O)C4=O)nc12. The van der Waals surface area contributed by atoms with Crippen LogP contribution in [0.15, 0.2) is 24.3 Å². The number of hydrogen-bond acceptors (Lipinski definition) is 7. The molecule has 2 saturated heterocycles. The van der Waals surface area contributed by atoms with E-state index in [4.69, 9.17) is 10.7 Å². The Kier molecular flexibility index (Phi) is 5.07. The Labute approximate surface area is 213 Å². The van der Waals surface area contributed by atoms with Crippen molar-refractivity contribution >= 4 is 34.6 Å². The molecule has 3 aliphatic heterocycles. The van der Waals surface area contributed by atoms with Gasteiger partial charge in [-0.1, -0.05) is 6.07 Å². The van der Waals surface area contributed by atoms with Crippen molar-refractivity contribution < 1.29 is 14.4 Å². The van der Waals surface area contributed by atoms with Crippen LogP contribution in [0.1, 0.15) is 66.1 Å². The summed E-state index contributed by atoms with van der Waals surface area (Å²) in [6, 6.07) is 7.65. The summed E-state index contributed by atoms with van der Waals surface area (Å²) in [6.45, 7) is 3.34. The number of benzene rings is 1. The van der Waals surface area contributed by atoms with E-state index in [1.807, 2.05) is 18.2 Å². The van der Waals surface area contributed by atoms with Crippen LogP contribution in [0.25, 0.3) is 22.3 Å². The Morgan fingerprint density at radius 2 is 1.86 bits per heavy atom. The van der Waals surface area contributed by atoms with E-state index in [0.717, 1.165) is 60.3 Å². The Hall–Kier alpha value is -3.79. The summed E-state index contributed by atoms with van der Waals surface area (Å²) >= 11 is 0. The molecule has 3 fully saturated rings. The van der Waals surface area contributed by atoms with Crippen LogP contribution in [0.5, 0.6) is 0 Å². The molecule has 0 spiro atoms. The number of nitrogens with two attached hydrogens (primary N) is 1. The highest BCUT2D eigenvalue weighted by atomic mass is 16.2. The number of anilines is 1. The third kappa shape index (κ3) is 3.78. The molecule has 3 amide bonds. The average Bonchev–Trinajstić information content (AvgIpc) is 3.36. The number of nitrogens with zero attached hydrogens (tertiary/aromatic N) is 5. The lowest BCUT2D eigenvalue weighted by atomic mass is 10.0. The molecule has 1 unspecified atom stereocenters. The summed E-state index contributed by atoms with van der Waals surface area (Å²) in [4.78, 5) is 46.1. The number of imide groups is 1. The first kappa shape index (κ1) is 22.4. The number of hydrogen-bond donors (Lipinski definition) is 2. The molecular formula is C27H29N7O3. The molecule has 10 nitrogen and oxygen atoms in total. The number of fused-ring (bicyclic) bond motifs is 2. The van der Waals surface area contributed by atoms with Gasteiger partial charge in [-0.25, -0.2) is 4.98 Å². The molecule has 0 bridgehead atoms. The molecular weight excluding hydrogens is 470 g/mol. The number of carbonyl (C=O) groups excluding carboxylic acids is 3. The topological polar surface area (TPSA) is 126 Å². The maximum atomic E-state index is 13.1. The summed E-state index contributed by atoms with van der Waals surface area (Å²) < 4.78 is 2.08. The number of carbonyl (C=O) groups is 3. The number of nitrogen functional groups attached to an aromatic ring is 1. The summed E-state index contributed by atoms with van der Waals surface area (Å²) in [7, 11) is 0. The highest BCUT2D eigenvalue weighted by Gasteiger charge is 2.39. The first-order chi connectivity index (χ1) is 18.0. The molecule has 1 saturated carbocycles. The molecule has 1 aromatic carbocycles. The van der Waals surface area contributed by atoms with Crippen molar-refractivity contribution in [2.75, 3.05) is 18.8 Å². The summed E-state index contributed by atoms with van der Waals surface area (Å²) in [6.07, 6.45) is 5.25. The van der Waals surface area contributed by atoms with Gasteiger partial charge in [0, 0.05) is 30.6 Å². The van der Waals surface area contributed by atoms with Crippen LogP contribution < -0.4 is 11.1 Å². The average molecular weight is 500 g/mol. The zero-order chi connectivity index (χ0) is 25.3. The van der Waals surface area contributed by atoms with E-state index < -0.39 is 11.9 Å². The van der Waals surface area contributed by atoms with Crippen molar-refractivity contribution in [2.24, 2.45) is 0 Å². The standard InChI is InChI=1S/C27H29N7O3/c28-25-23-24(34(31-25)18-4-5-18)17(13-32-9-1-2-10-32)12-20(29-23)15-3-6-19-16(11-15)14-33(27(19)37)21-7-8-22(35)30-26(21)36/h3,6,11-12,18,21H,1-2,4-5,7-10,13-14H2,(H2,28,31)(H,30,35,36). The van der Waals surface area contributed by atoms with E-state index >= 15 is 0 Å². The maximum Gasteiger partial charge on any atom is 0.255 e. The van der Waals surface area contributed by atoms with Gasteiger partial charge in [0.1, 0.15) is 11.6 Å². The smallest absolute Gasteiger partial charge is 0.255 e. The van der Waals surface area contributed by atoms with Crippen LogP contribution in [0, 0.1) is 0 Å². The van der Waals surface area contributed by atoms with Gasteiger partial charge >= 0.3 is 0 Å². The number of aromatic nitrogens is 3. The van der Waals surface area contributed by atoms with Crippen molar-refractivity contribution in [3.8, 4) is 11.3 Å². The molecule has 3 N–H and O–H groups in total. The fourth-order valence-corrected chi connectivity index (χ4v) is 6.01. The van der Waals surface area contributed by atoms with Gasteiger partial charge in [0.25, 0.3) is 5.91 Å². The lowest BCUT2D eigenvalue weighted by Crippen LogP contribution is -2.52. The number of pyridine rings is 1. The minimum absolute atomic E-state index is 0.177. The van der Waals surface area contributed by atoms with Gasteiger partial charge in [0.2, 0.25) is 11.8 Å². The second kappa shape index (κ2) is 8.37. The van der Waals surface area contributed by atoms with Crippen LogP contribution in [0.4, 0.5) is 5.82 Å². The highest BCUT2D eigenvalue weighted by Crippen LogP contribution is 2.40. The second-order valence-corrected chi connectivity index (χ2v) is 10.7. The molecule has 2 aromatic heterocycles. The molecule has 4 aliphatic rings. The summed E-state index contributed by atoms with van der Waals surface area (Å²) in [5.41, 5.74) is 12.5. The van der Waals surface area contributed by atoms with Crippen LogP contribution in [0.2, 0.25) is 0 Å². The van der Waals surface area contributed by atoms with Crippen molar-refractivity contribution in [3.63, 3.8) is 0 Å². The van der Waals surface area contributed by atoms with E-state index in [2.05, 4.69) is 26.1 Å². The molecule has 37 heavy (non-hydrogen) atoms. The molecule has 1 atom stereocenters. The van der Waals surface area contributed by atoms with E-state index in [0.29, 0.717) is 30.4 Å². The Balaban J connectivity index is 1.26. The number of piperidine rings is 1. The first-order valence-electron chi connectivity index (χ1n) is 13.1. The highest BCUT2D eigenvalue weighted by molar-refractivity contribution is 6.05. The lowest BCUT2D eigenvalue weighted by molar-refractivity contribution is -0.136. The number of rotatable bonds is 5. The zero-order valence-corrected chi connectivity index (χ0v) is 20.6. The normalized spacial score (nSPS) is 22.2. The maximum absolute atomic E-state index is 13.1. The fourth-order valence-electron chi connectivity index (χ4n) is 6.01. The van der Waals surface area contributed by atoms with Crippen LogP contribution in [-0.4, -0.2) is 61.4 Å². The van der Waals surface area contributed by atoms with E-state index in [-0.39, 0.29) is 18.2 Å². The minimum Gasteiger partial charge on any atom is -0.380 e. The Bertz CT molecular complexity index is 1470. The van der Waals surface area contributed by atoms with Gasteiger partial charge in [-0.05, 0) is 74.5 Å². The van der Waals surface area contributed by atoms with Gasteiger partial charge < -0.3 is 10.6 Å². The van der Waals surface area contributed by atoms with Crippen molar-refractivity contribution in [1.82, 2.24) is 29.9 Å². The number of likely N-dealkylation sites (tertiary alicyclic amines) is 1. The predicted octanol–water partition coefficient (Wildman–Crippen LogP) is 2.37. The van der Waals surface area contributed by atoms with Crippen molar-refractivity contribution in [1.29, 1.82) is 0 Å². The number of nitrogens with one attached hydrogen (secondary N) is 1. The molecule has 3 aromatic rings. The molecule has 10 heteroatoms. The summed E-state index contributed by atoms with van der Waals surface area (Å²) in [5.74, 6) is -0.418. The zero-order valence-electron chi connectivity index (χ0n) is 20.6. The van der Waals surface area contributed by atoms with Crippen molar-refractivity contribution in [3.05, 3.63) is 41.0 Å². The van der Waals surface area contributed by atoms with Gasteiger partial charge in [-0.3, -0.25) is 29.3 Å². The van der Waals surface area contributed by atoms with Gasteiger partial charge in [0.15, 0.2) is 5.82 Å². The van der Waals surface area contributed by atoms with Crippen LogP contribution in [0.3, 0.4) is 0 Å². The molecule has 7 rings (SSSR count). The van der Waals surface area contributed by atoms with E-state index in [1.54, 1.807) is 4.90 Å². The van der Waals surface area contributed by atoms with Gasteiger partial charge in [-0.2, -0.15) is 5.10 Å². The largest absolute Gasteiger partial charge is 0.380 e.